The van der Waals surface area contributed by atoms with Crippen LogP contribution in [0, 0.1) is 6.92 Å². The second kappa shape index (κ2) is 6.71. The Morgan fingerprint density at radius 3 is 2.64 bits per heavy atom. The van der Waals surface area contributed by atoms with E-state index in [9.17, 15) is 14.7 Å². The van der Waals surface area contributed by atoms with E-state index in [0.717, 1.165) is 11.1 Å². The van der Waals surface area contributed by atoms with Crippen molar-refractivity contribution in [1.29, 1.82) is 0 Å². The first-order chi connectivity index (χ1) is 10.5. The molecule has 0 aliphatic rings. The minimum absolute atomic E-state index is 0.111. The molecule has 0 atom stereocenters. The van der Waals surface area contributed by atoms with Crippen LogP contribution < -0.4 is 10.6 Å². The Morgan fingerprint density at radius 1 is 1.23 bits per heavy atom. The summed E-state index contributed by atoms with van der Waals surface area (Å²) in [6.07, 6.45) is 1.52. The second-order valence-electron chi connectivity index (χ2n) is 4.82. The third kappa shape index (κ3) is 3.60. The summed E-state index contributed by atoms with van der Waals surface area (Å²) in [4.78, 5) is 27.0. The molecule has 0 aliphatic heterocycles. The van der Waals surface area contributed by atoms with Crippen LogP contribution in [0.25, 0.3) is 11.1 Å². The van der Waals surface area contributed by atoms with E-state index < -0.39 is 5.91 Å². The lowest BCUT2D eigenvalue weighted by molar-refractivity contribution is -0.119. The molecule has 2 rings (SSSR count). The molecule has 0 saturated carbocycles. The molecule has 0 fully saturated rings. The van der Waals surface area contributed by atoms with E-state index in [-0.39, 0.29) is 23.9 Å². The average Bonchev–Trinajstić information content (AvgIpc) is 2.52. The van der Waals surface area contributed by atoms with Gasteiger partial charge in [-0.2, -0.15) is 0 Å². The smallest absolute Gasteiger partial charge is 0.274 e. The standard InChI is InChI=1S/C16H17N3O3/c1-10-4-3-5-11(6-10)12-7-13(20)15(18-8-12)16(22)19-9-14(21)17-2/h3-8,20H,9H2,1-2H3,(H,17,21)(H,19,22). The highest BCUT2D eigenvalue weighted by atomic mass is 16.3. The van der Waals surface area contributed by atoms with Gasteiger partial charge in [0.1, 0.15) is 5.75 Å². The Morgan fingerprint density at radius 2 is 2.00 bits per heavy atom. The molecule has 0 unspecified atom stereocenters. The molecule has 2 aromatic rings. The van der Waals surface area contributed by atoms with Crippen molar-refractivity contribution in [2.45, 2.75) is 6.92 Å². The molecule has 1 heterocycles. The zero-order valence-corrected chi connectivity index (χ0v) is 12.4. The first-order valence-electron chi connectivity index (χ1n) is 6.76. The molecule has 0 spiro atoms. The maximum Gasteiger partial charge on any atom is 0.274 e. The molecule has 2 amide bonds. The summed E-state index contributed by atoms with van der Waals surface area (Å²) in [5.74, 6) is -1.16. The van der Waals surface area contributed by atoms with Gasteiger partial charge in [-0.15, -0.1) is 0 Å². The minimum atomic E-state index is -0.600. The van der Waals surface area contributed by atoms with E-state index in [2.05, 4.69) is 15.6 Å². The van der Waals surface area contributed by atoms with Crippen LogP contribution in [-0.2, 0) is 4.79 Å². The number of rotatable bonds is 4. The van der Waals surface area contributed by atoms with Gasteiger partial charge in [-0.05, 0) is 18.6 Å². The van der Waals surface area contributed by atoms with E-state index in [1.165, 1.54) is 19.3 Å². The lowest BCUT2D eigenvalue weighted by Gasteiger charge is -2.08. The molecule has 0 saturated heterocycles. The Balaban J connectivity index is 2.19. The number of amides is 2. The highest BCUT2D eigenvalue weighted by Gasteiger charge is 2.14. The predicted octanol–water partition coefficient (Wildman–Crippen LogP) is 1.24. The number of benzene rings is 1. The van der Waals surface area contributed by atoms with Gasteiger partial charge in [-0.3, -0.25) is 9.59 Å². The number of carbonyl (C=O) groups is 2. The minimum Gasteiger partial charge on any atom is -0.505 e. The fourth-order valence-corrected chi connectivity index (χ4v) is 1.94. The monoisotopic (exact) mass is 299 g/mol. The first-order valence-corrected chi connectivity index (χ1v) is 6.76. The van der Waals surface area contributed by atoms with E-state index in [1.807, 2.05) is 31.2 Å². The topological polar surface area (TPSA) is 91.3 Å². The third-order valence-corrected chi connectivity index (χ3v) is 3.12. The fraction of sp³-hybridized carbons (Fsp3) is 0.188. The molecule has 22 heavy (non-hydrogen) atoms. The number of aryl methyl sites for hydroxylation is 1. The van der Waals surface area contributed by atoms with Crippen LogP contribution in [0.3, 0.4) is 0 Å². The van der Waals surface area contributed by atoms with Crippen molar-refractivity contribution in [2.24, 2.45) is 0 Å². The van der Waals surface area contributed by atoms with Gasteiger partial charge in [-0.25, -0.2) is 4.98 Å². The number of nitrogens with zero attached hydrogens (tertiary/aromatic N) is 1. The van der Waals surface area contributed by atoms with Gasteiger partial charge in [-0.1, -0.05) is 29.8 Å². The SMILES string of the molecule is CNC(=O)CNC(=O)c1ncc(-c2cccc(C)c2)cc1O. The van der Waals surface area contributed by atoms with Crippen molar-refractivity contribution in [1.82, 2.24) is 15.6 Å². The molecule has 0 aliphatic carbocycles. The summed E-state index contributed by atoms with van der Waals surface area (Å²) in [7, 11) is 1.47. The van der Waals surface area contributed by atoms with Crippen LogP contribution in [-0.4, -0.2) is 35.5 Å². The van der Waals surface area contributed by atoms with Gasteiger partial charge < -0.3 is 15.7 Å². The normalized spacial score (nSPS) is 10.1. The number of aromatic nitrogens is 1. The highest BCUT2D eigenvalue weighted by Crippen LogP contribution is 2.25. The largest absolute Gasteiger partial charge is 0.505 e. The first kappa shape index (κ1) is 15.5. The van der Waals surface area contributed by atoms with E-state index in [1.54, 1.807) is 0 Å². The Bertz CT molecular complexity index is 714. The predicted molar refractivity (Wildman–Crippen MR) is 82.5 cm³/mol. The fourth-order valence-electron chi connectivity index (χ4n) is 1.94. The molecular formula is C16H17N3O3. The number of hydrogen-bond acceptors (Lipinski definition) is 4. The average molecular weight is 299 g/mol. The van der Waals surface area contributed by atoms with Gasteiger partial charge >= 0.3 is 0 Å². The summed E-state index contributed by atoms with van der Waals surface area (Å²) < 4.78 is 0. The summed E-state index contributed by atoms with van der Waals surface area (Å²) in [5.41, 5.74) is 2.59. The summed E-state index contributed by atoms with van der Waals surface area (Å²) in [6.45, 7) is 1.80. The highest BCUT2D eigenvalue weighted by molar-refractivity contribution is 5.97. The van der Waals surface area contributed by atoms with Gasteiger partial charge in [0.2, 0.25) is 5.91 Å². The number of likely N-dealkylation sites (N-methyl/N-ethyl adjacent to an activating group) is 1. The maximum absolute atomic E-state index is 11.9. The quantitative estimate of drug-likeness (QED) is 0.792. The Kier molecular flexibility index (Phi) is 4.73. The number of nitrogens with one attached hydrogen (secondary N) is 2. The molecule has 0 bridgehead atoms. The van der Waals surface area contributed by atoms with Crippen LogP contribution >= 0.6 is 0 Å². The number of hydrogen-bond donors (Lipinski definition) is 3. The third-order valence-electron chi connectivity index (χ3n) is 3.12. The maximum atomic E-state index is 11.9. The van der Waals surface area contributed by atoms with Crippen molar-refractivity contribution in [2.75, 3.05) is 13.6 Å². The van der Waals surface area contributed by atoms with E-state index in [0.29, 0.717) is 5.56 Å². The molecule has 6 nitrogen and oxygen atoms in total. The van der Waals surface area contributed by atoms with E-state index >= 15 is 0 Å². The van der Waals surface area contributed by atoms with Crippen LogP contribution in [0.5, 0.6) is 5.75 Å². The van der Waals surface area contributed by atoms with Gasteiger partial charge in [0.15, 0.2) is 5.69 Å². The van der Waals surface area contributed by atoms with Gasteiger partial charge in [0.25, 0.3) is 5.91 Å². The lowest BCUT2D eigenvalue weighted by Crippen LogP contribution is -2.35. The zero-order valence-electron chi connectivity index (χ0n) is 12.4. The van der Waals surface area contributed by atoms with Crippen LogP contribution in [0.1, 0.15) is 16.1 Å². The number of pyridine rings is 1. The second-order valence-corrected chi connectivity index (χ2v) is 4.82. The molecular weight excluding hydrogens is 282 g/mol. The van der Waals surface area contributed by atoms with Gasteiger partial charge in [0.05, 0.1) is 6.54 Å². The molecule has 0 radical (unpaired) electrons. The summed E-state index contributed by atoms with van der Waals surface area (Å²) in [5, 5.41) is 14.8. The molecule has 3 N–H and O–H groups in total. The Labute approximate surface area is 128 Å². The molecule has 6 heteroatoms. The zero-order chi connectivity index (χ0) is 16.1. The van der Waals surface area contributed by atoms with Gasteiger partial charge in [0, 0.05) is 18.8 Å². The molecule has 1 aromatic carbocycles. The summed E-state index contributed by atoms with van der Waals surface area (Å²) >= 11 is 0. The van der Waals surface area contributed by atoms with Crippen LogP contribution in [0.4, 0.5) is 0 Å². The van der Waals surface area contributed by atoms with Crippen molar-refractivity contribution in [3.63, 3.8) is 0 Å². The van der Waals surface area contributed by atoms with E-state index in [4.69, 9.17) is 0 Å². The van der Waals surface area contributed by atoms with Crippen LogP contribution in [0.2, 0.25) is 0 Å². The number of carbonyl (C=O) groups excluding carboxylic acids is 2. The van der Waals surface area contributed by atoms with Crippen molar-refractivity contribution in [3.8, 4) is 16.9 Å². The summed E-state index contributed by atoms with van der Waals surface area (Å²) in [6, 6.07) is 9.22. The van der Waals surface area contributed by atoms with Crippen molar-refractivity contribution >= 4 is 11.8 Å². The molecule has 114 valence electrons. The van der Waals surface area contributed by atoms with Crippen molar-refractivity contribution in [3.05, 3.63) is 47.8 Å². The number of aromatic hydroxyl groups is 1. The molecule has 1 aromatic heterocycles. The lowest BCUT2D eigenvalue weighted by atomic mass is 10.0. The Hall–Kier alpha value is -2.89. The van der Waals surface area contributed by atoms with Crippen LogP contribution in [0.15, 0.2) is 36.5 Å². The van der Waals surface area contributed by atoms with Crippen molar-refractivity contribution < 1.29 is 14.7 Å².